The SMILES string of the molecule is c1cc(-c2ccc(N(c3ccc(-c4cccc(-n5c6ccccc6c6ccccc65)c4)cc3)c3ccc(-c4ccc5oc6ccc(-c7ccc8oc9ccccc9c8c7)cc6c5c4)cc3)cc2)cc(-c2cccc3ccccc23)c1. The zero-order valence-electron chi connectivity index (χ0n) is 43.4. The summed E-state index contributed by atoms with van der Waals surface area (Å²) < 4.78 is 15.0. The summed E-state index contributed by atoms with van der Waals surface area (Å²) >= 11 is 0. The lowest BCUT2D eigenvalue weighted by Crippen LogP contribution is -2.09. The van der Waals surface area contributed by atoms with E-state index in [0.29, 0.717) is 0 Å². The Morgan fingerprint density at radius 3 is 1.20 bits per heavy atom. The fourth-order valence-electron chi connectivity index (χ4n) is 12.3. The molecule has 0 bridgehead atoms. The summed E-state index contributed by atoms with van der Waals surface area (Å²) in [7, 11) is 0. The van der Waals surface area contributed by atoms with Crippen LogP contribution in [0.1, 0.15) is 0 Å². The van der Waals surface area contributed by atoms with Crippen LogP contribution in [0.5, 0.6) is 0 Å². The maximum absolute atomic E-state index is 6.44. The Hall–Kier alpha value is -10.7. The second-order valence-electron chi connectivity index (χ2n) is 20.8. The molecule has 3 aromatic heterocycles. The standard InChI is InChI=1S/C76H48N2O2/c1-2-18-63-52(12-1)13-11-22-64(63)58-16-9-14-53(44-58)49-26-35-59(36-27-49)77(60-37-28-50(29-38-60)54-15-10-17-62(45-54)78-71-23-6-3-19-65(71)66-20-4-7-24-72(66)78)61-39-30-51(31-40-61)55-32-41-75-69(46-55)70-48-57(34-43-76(70)80-75)56-33-42-74-68(47-56)67-21-5-8-25-73(67)79-74/h1-48H. The van der Waals surface area contributed by atoms with Gasteiger partial charge in [0.05, 0.1) is 11.0 Å². The summed E-state index contributed by atoms with van der Waals surface area (Å²) in [5, 5.41) is 9.42. The smallest absolute Gasteiger partial charge is 0.135 e. The number of hydrogen-bond acceptors (Lipinski definition) is 3. The van der Waals surface area contributed by atoms with E-state index in [-0.39, 0.29) is 0 Å². The van der Waals surface area contributed by atoms with Crippen LogP contribution in [0, 0.1) is 0 Å². The van der Waals surface area contributed by atoms with Crippen molar-refractivity contribution in [3.63, 3.8) is 0 Å². The summed E-state index contributed by atoms with van der Waals surface area (Å²) in [5.74, 6) is 0. The largest absolute Gasteiger partial charge is 0.456 e. The first kappa shape index (κ1) is 45.5. The molecule has 13 aromatic carbocycles. The minimum Gasteiger partial charge on any atom is -0.456 e. The van der Waals surface area contributed by atoms with E-state index in [2.05, 4.69) is 289 Å². The van der Waals surface area contributed by atoms with Gasteiger partial charge in [0.1, 0.15) is 22.3 Å². The van der Waals surface area contributed by atoms with Gasteiger partial charge in [0.2, 0.25) is 0 Å². The molecule has 16 aromatic rings. The van der Waals surface area contributed by atoms with Crippen molar-refractivity contribution < 1.29 is 8.83 Å². The van der Waals surface area contributed by atoms with Crippen LogP contribution in [0.4, 0.5) is 17.1 Å². The van der Waals surface area contributed by atoms with Crippen molar-refractivity contribution in [1.82, 2.24) is 4.57 Å². The lowest BCUT2D eigenvalue weighted by Gasteiger charge is -2.26. The normalized spacial score (nSPS) is 11.8. The van der Waals surface area contributed by atoms with Crippen molar-refractivity contribution in [2.75, 3.05) is 4.90 Å². The molecule has 0 saturated carbocycles. The van der Waals surface area contributed by atoms with Gasteiger partial charge in [-0.3, -0.25) is 0 Å². The van der Waals surface area contributed by atoms with Crippen LogP contribution in [0.25, 0.3) is 138 Å². The monoisotopic (exact) mass is 1020 g/mol. The molecule has 0 aliphatic rings. The van der Waals surface area contributed by atoms with Crippen LogP contribution in [-0.2, 0) is 0 Å². The van der Waals surface area contributed by atoms with E-state index < -0.39 is 0 Å². The molecule has 0 atom stereocenters. The molecule has 0 radical (unpaired) electrons. The zero-order valence-corrected chi connectivity index (χ0v) is 43.4. The maximum Gasteiger partial charge on any atom is 0.135 e. The van der Waals surface area contributed by atoms with Crippen molar-refractivity contribution in [3.05, 3.63) is 291 Å². The van der Waals surface area contributed by atoms with Crippen LogP contribution in [0.2, 0.25) is 0 Å². The third-order valence-corrected chi connectivity index (χ3v) is 16.2. The summed E-state index contributed by atoms with van der Waals surface area (Å²) in [6.07, 6.45) is 0. The molecule has 3 heterocycles. The number of aromatic nitrogens is 1. The van der Waals surface area contributed by atoms with Crippen LogP contribution in [-0.4, -0.2) is 4.57 Å². The highest BCUT2D eigenvalue weighted by atomic mass is 16.3. The molecular formula is C76H48N2O2. The third kappa shape index (κ3) is 7.68. The number of benzene rings is 13. The number of nitrogens with zero attached hydrogens (tertiary/aromatic N) is 2. The maximum atomic E-state index is 6.44. The molecule has 0 aliphatic carbocycles. The fourth-order valence-corrected chi connectivity index (χ4v) is 12.3. The lowest BCUT2D eigenvalue weighted by molar-refractivity contribution is 0.668. The van der Waals surface area contributed by atoms with Crippen molar-refractivity contribution in [2.45, 2.75) is 0 Å². The summed E-state index contributed by atoms with van der Waals surface area (Å²) in [5.41, 5.74) is 21.8. The first-order valence-electron chi connectivity index (χ1n) is 27.3. The van der Waals surface area contributed by atoms with Crippen LogP contribution in [0.15, 0.2) is 300 Å². The van der Waals surface area contributed by atoms with E-state index >= 15 is 0 Å². The van der Waals surface area contributed by atoms with Crippen LogP contribution in [0.3, 0.4) is 0 Å². The molecule has 0 spiro atoms. The van der Waals surface area contributed by atoms with Crippen molar-refractivity contribution in [1.29, 1.82) is 0 Å². The average molecular weight is 1020 g/mol. The van der Waals surface area contributed by atoms with E-state index in [1.165, 1.54) is 49.3 Å². The summed E-state index contributed by atoms with van der Waals surface area (Å²) in [6.45, 7) is 0. The Labute approximate surface area is 461 Å². The van der Waals surface area contributed by atoms with Crippen LogP contribution < -0.4 is 4.90 Å². The van der Waals surface area contributed by atoms with E-state index in [0.717, 1.165) is 106 Å². The first-order valence-corrected chi connectivity index (χ1v) is 27.3. The van der Waals surface area contributed by atoms with E-state index in [1.54, 1.807) is 0 Å². The number of fused-ring (bicyclic) bond motifs is 10. The summed E-state index contributed by atoms with van der Waals surface area (Å²) in [4.78, 5) is 2.36. The molecule has 0 aliphatic heterocycles. The zero-order chi connectivity index (χ0) is 52.7. The predicted molar refractivity (Wildman–Crippen MR) is 335 cm³/mol. The molecule has 0 unspecified atom stereocenters. The molecule has 80 heavy (non-hydrogen) atoms. The minimum atomic E-state index is 0.866. The quantitative estimate of drug-likeness (QED) is 0.144. The van der Waals surface area contributed by atoms with Crippen molar-refractivity contribution >= 4 is 93.5 Å². The predicted octanol–water partition coefficient (Wildman–Crippen LogP) is 21.5. The van der Waals surface area contributed by atoms with Crippen molar-refractivity contribution in [3.8, 4) is 61.3 Å². The third-order valence-electron chi connectivity index (χ3n) is 16.2. The highest BCUT2D eigenvalue weighted by Gasteiger charge is 2.18. The number of furan rings is 2. The van der Waals surface area contributed by atoms with Crippen molar-refractivity contribution in [2.24, 2.45) is 0 Å². The van der Waals surface area contributed by atoms with Gasteiger partial charge in [-0.15, -0.1) is 0 Å². The number of anilines is 3. The van der Waals surface area contributed by atoms with Gasteiger partial charge in [0.15, 0.2) is 0 Å². The highest BCUT2D eigenvalue weighted by Crippen LogP contribution is 2.42. The van der Waals surface area contributed by atoms with Gasteiger partial charge in [-0.05, 0) is 176 Å². The van der Waals surface area contributed by atoms with Gasteiger partial charge in [-0.1, -0.05) is 182 Å². The molecule has 0 fully saturated rings. The molecule has 4 heteroatoms. The van der Waals surface area contributed by atoms with E-state index in [1.807, 2.05) is 12.1 Å². The van der Waals surface area contributed by atoms with Gasteiger partial charge in [-0.2, -0.15) is 0 Å². The molecule has 0 amide bonds. The molecule has 16 rings (SSSR count). The molecule has 0 N–H and O–H groups in total. The number of para-hydroxylation sites is 3. The minimum absolute atomic E-state index is 0.866. The second-order valence-corrected chi connectivity index (χ2v) is 20.8. The molecular weight excluding hydrogens is 973 g/mol. The Balaban J connectivity index is 0.751. The average Bonchev–Trinajstić information content (AvgIpc) is 4.39. The number of rotatable bonds is 9. The van der Waals surface area contributed by atoms with Gasteiger partial charge in [0.25, 0.3) is 0 Å². The van der Waals surface area contributed by atoms with E-state index in [4.69, 9.17) is 8.83 Å². The Morgan fingerprint density at radius 2 is 0.625 bits per heavy atom. The first-order chi connectivity index (χ1) is 39.6. The molecule has 0 saturated heterocycles. The van der Waals surface area contributed by atoms with Gasteiger partial charge >= 0.3 is 0 Å². The topological polar surface area (TPSA) is 34.5 Å². The highest BCUT2D eigenvalue weighted by molar-refractivity contribution is 6.11. The van der Waals surface area contributed by atoms with Gasteiger partial charge < -0.3 is 18.3 Å². The molecule has 4 nitrogen and oxygen atoms in total. The summed E-state index contributed by atoms with van der Waals surface area (Å²) in [6, 6.07) is 105. The van der Waals surface area contributed by atoms with Crippen LogP contribution >= 0.6 is 0 Å². The van der Waals surface area contributed by atoms with Gasteiger partial charge in [0, 0.05) is 55.1 Å². The molecule has 374 valence electrons. The Kier molecular flexibility index (Phi) is 10.5. The van der Waals surface area contributed by atoms with E-state index in [9.17, 15) is 0 Å². The number of hydrogen-bond donors (Lipinski definition) is 0. The van der Waals surface area contributed by atoms with Gasteiger partial charge in [-0.25, -0.2) is 0 Å². The Morgan fingerprint density at radius 1 is 0.237 bits per heavy atom. The fraction of sp³-hybridized carbons (Fsp3) is 0. The second kappa shape index (κ2) is 18.5. The lowest BCUT2D eigenvalue weighted by atomic mass is 9.95. The Bertz CT molecular complexity index is 5000.